The fraction of sp³-hybridized carbons (Fsp3) is 0.375. The highest BCUT2D eigenvalue weighted by molar-refractivity contribution is 5.67. The summed E-state index contributed by atoms with van der Waals surface area (Å²) in [6.45, 7) is 6.37. The number of amides is 1. The number of carbonyl (C=O) groups excluding carboxylic acids is 1. The zero-order chi connectivity index (χ0) is 15.2. The molecule has 0 aliphatic carbocycles. The topological polar surface area (TPSA) is 56.1 Å². The predicted octanol–water partition coefficient (Wildman–Crippen LogP) is 3.32. The largest absolute Gasteiger partial charge is 0.449 e. The number of nitrogens with one attached hydrogen (secondary N) is 1. The fourth-order valence-electron chi connectivity index (χ4n) is 1.89. The maximum Gasteiger partial charge on any atom is 0.407 e. The van der Waals surface area contributed by atoms with Gasteiger partial charge < -0.3 is 14.6 Å². The van der Waals surface area contributed by atoms with Gasteiger partial charge in [0.2, 0.25) is 0 Å². The van der Waals surface area contributed by atoms with Crippen molar-refractivity contribution in [3.05, 3.63) is 48.5 Å². The number of ether oxygens (including phenoxy) is 1. The molecule has 1 unspecified atom stereocenters. The lowest BCUT2D eigenvalue weighted by atomic mass is 10.1. The third-order valence-corrected chi connectivity index (χ3v) is 3.08. The average Bonchev–Trinajstić information content (AvgIpc) is 2.99. The van der Waals surface area contributed by atoms with Gasteiger partial charge in [-0.1, -0.05) is 26.0 Å². The maximum absolute atomic E-state index is 11.6. The summed E-state index contributed by atoms with van der Waals surface area (Å²) in [6, 6.07) is 7.87. The standard InChI is InChI=1S/C16H21N3O2/c1-12(2)10-21-16(20)18-13(3)14-4-6-15(7-5-14)19-9-8-17-11-19/h4-9,11-13H,10H2,1-3H3,(H,18,20). The van der Waals surface area contributed by atoms with Crippen LogP contribution in [0, 0.1) is 5.92 Å². The number of alkyl carbamates (subject to hydrolysis) is 1. The second-order valence-electron chi connectivity index (χ2n) is 5.42. The van der Waals surface area contributed by atoms with Crippen molar-refractivity contribution in [3.63, 3.8) is 0 Å². The van der Waals surface area contributed by atoms with E-state index in [1.807, 2.05) is 55.8 Å². The maximum atomic E-state index is 11.6. The number of benzene rings is 1. The minimum atomic E-state index is -0.380. The van der Waals surface area contributed by atoms with Crippen LogP contribution in [0.25, 0.3) is 5.69 Å². The quantitative estimate of drug-likeness (QED) is 0.917. The summed E-state index contributed by atoms with van der Waals surface area (Å²) in [4.78, 5) is 15.7. The molecular weight excluding hydrogens is 266 g/mol. The van der Waals surface area contributed by atoms with Crippen molar-refractivity contribution in [2.75, 3.05) is 6.61 Å². The molecule has 0 aliphatic rings. The van der Waals surface area contributed by atoms with Gasteiger partial charge in [-0.05, 0) is 30.5 Å². The van der Waals surface area contributed by atoms with Gasteiger partial charge in [-0.15, -0.1) is 0 Å². The van der Waals surface area contributed by atoms with Gasteiger partial charge in [-0.25, -0.2) is 9.78 Å². The normalized spacial score (nSPS) is 12.2. The van der Waals surface area contributed by atoms with Crippen molar-refractivity contribution in [3.8, 4) is 5.69 Å². The van der Waals surface area contributed by atoms with Crippen LogP contribution in [0.15, 0.2) is 43.0 Å². The molecular formula is C16H21N3O2. The van der Waals surface area contributed by atoms with E-state index in [0.717, 1.165) is 11.3 Å². The minimum Gasteiger partial charge on any atom is -0.449 e. The van der Waals surface area contributed by atoms with Crippen molar-refractivity contribution >= 4 is 6.09 Å². The van der Waals surface area contributed by atoms with E-state index in [2.05, 4.69) is 10.3 Å². The van der Waals surface area contributed by atoms with E-state index in [1.165, 1.54) is 0 Å². The number of hydrogen-bond donors (Lipinski definition) is 1. The van der Waals surface area contributed by atoms with Crippen molar-refractivity contribution in [2.24, 2.45) is 5.92 Å². The summed E-state index contributed by atoms with van der Waals surface area (Å²) in [5.74, 6) is 0.334. The Labute approximate surface area is 125 Å². The van der Waals surface area contributed by atoms with Crippen LogP contribution in [0.4, 0.5) is 4.79 Å². The third-order valence-electron chi connectivity index (χ3n) is 3.08. The van der Waals surface area contributed by atoms with Crippen molar-refractivity contribution < 1.29 is 9.53 Å². The van der Waals surface area contributed by atoms with E-state index in [4.69, 9.17) is 4.74 Å². The monoisotopic (exact) mass is 287 g/mol. The molecule has 1 amide bonds. The molecule has 0 bridgehead atoms. The number of aromatic nitrogens is 2. The van der Waals surface area contributed by atoms with E-state index in [9.17, 15) is 4.79 Å². The van der Waals surface area contributed by atoms with Gasteiger partial charge in [-0.2, -0.15) is 0 Å². The van der Waals surface area contributed by atoms with Crippen molar-refractivity contribution in [1.29, 1.82) is 0 Å². The summed E-state index contributed by atoms with van der Waals surface area (Å²) in [7, 11) is 0. The molecule has 1 atom stereocenters. The third kappa shape index (κ3) is 4.34. The molecule has 0 fully saturated rings. The average molecular weight is 287 g/mol. The minimum absolute atomic E-state index is 0.0958. The first-order valence-corrected chi connectivity index (χ1v) is 7.08. The summed E-state index contributed by atoms with van der Waals surface area (Å²) >= 11 is 0. The molecule has 1 aromatic carbocycles. The van der Waals surface area contributed by atoms with Crippen molar-refractivity contribution in [2.45, 2.75) is 26.8 Å². The number of imidazole rings is 1. The highest BCUT2D eigenvalue weighted by atomic mass is 16.5. The van der Waals surface area contributed by atoms with Crippen LogP contribution in [0.5, 0.6) is 0 Å². The van der Waals surface area contributed by atoms with E-state index >= 15 is 0 Å². The van der Waals surface area contributed by atoms with E-state index in [-0.39, 0.29) is 12.1 Å². The van der Waals surface area contributed by atoms with Gasteiger partial charge in [0, 0.05) is 18.1 Å². The van der Waals surface area contributed by atoms with E-state index in [1.54, 1.807) is 12.5 Å². The molecule has 112 valence electrons. The van der Waals surface area contributed by atoms with Crippen LogP contribution >= 0.6 is 0 Å². The van der Waals surface area contributed by atoms with Gasteiger partial charge in [0.25, 0.3) is 0 Å². The molecule has 0 saturated carbocycles. The van der Waals surface area contributed by atoms with Crippen LogP contribution in [-0.2, 0) is 4.74 Å². The van der Waals surface area contributed by atoms with Crippen LogP contribution in [-0.4, -0.2) is 22.3 Å². The Morgan fingerprint density at radius 2 is 2.00 bits per heavy atom. The molecule has 0 spiro atoms. The predicted molar refractivity (Wildman–Crippen MR) is 81.3 cm³/mol. The summed E-state index contributed by atoms with van der Waals surface area (Å²) in [5, 5.41) is 2.83. The molecule has 2 aromatic rings. The van der Waals surface area contributed by atoms with Crippen LogP contribution < -0.4 is 5.32 Å². The SMILES string of the molecule is CC(C)COC(=O)NC(C)c1ccc(-n2ccnc2)cc1. The number of carbonyl (C=O) groups is 1. The zero-order valence-corrected chi connectivity index (χ0v) is 12.6. The molecule has 1 heterocycles. The second kappa shape index (κ2) is 6.92. The first kappa shape index (κ1) is 15.1. The first-order valence-electron chi connectivity index (χ1n) is 7.08. The number of hydrogen-bond acceptors (Lipinski definition) is 3. The Morgan fingerprint density at radius 1 is 1.29 bits per heavy atom. The summed E-state index contributed by atoms with van der Waals surface area (Å²) < 4.78 is 7.05. The Balaban J connectivity index is 1.93. The molecule has 1 aromatic heterocycles. The van der Waals surface area contributed by atoms with Crippen LogP contribution in [0.2, 0.25) is 0 Å². The van der Waals surface area contributed by atoms with Crippen LogP contribution in [0.1, 0.15) is 32.4 Å². The van der Waals surface area contributed by atoms with Gasteiger partial charge in [-0.3, -0.25) is 0 Å². The smallest absolute Gasteiger partial charge is 0.407 e. The highest BCUT2D eigenvalue weighted by Gasteiger charge is 2.11. The molecule has 21 heavy (non-hydrogen) atoms. The summed E-state index contributed by atoms with van der Waals surface area (Å²) in [5.41, 5.74) is 2.06. The Bertz CT molecular complexity index is 562. The fourth-order valence-corrected chi connectivity index (χ4v) is 1.89. The molecule has 0 aliphatic heterocycles. The van der Waals surface area contributed by atoms with E-state index < -0.39 is 0 Å². The number of rotatable bonds is 5. The van der Waals surface area contributed by atoms with E-state index in [0.29, 0.717) is 12.5 Å². The Kier molecular flexibility index (Phi) is 4.98. The first-order chi connectivity index (χ1) is 10.1. The molecule has 0 saturated heterocycles. The second-order valence-corrected chi connectivity index (χ2v) is 5.42. The lowest BCUT2D eigenvalue weighted by Crippen LogP contribution is -2.28. The Morgan fingerprint density at radius 3 is 2.57 bits per heavy atom. The van der Waals surface area contributed by atoms with Gasteiger partial charge in [0.15, 0.2) is 0 Å². The Hall–Kier alpha value is -2.30. The van der Waals surface area contributed by atoms with Gasteiger partial charge in [0.05, 0.1) is 19.0 Å². The zero-order valence-electron chi connectivity index (χ0n) is 12.6. The molecule has 5 heteroatoms. The molecule has 1 N–H and O–H groups in total. The lowest BCUT2D eigenvalue weighted by Gasteiger charge is -2.15. The van der Waals surface area contributed by atoms with Gasteiger partial charge >= 0.3 is 6.09 Å². The molecule has 0 radical (unpaired) electrons. The number of nitrogens with zero attached hydrogens (tertiary/aromatic N) is 2. The van der Waals surface area contributed by atoms with Crippen molar-refractivity contribution in [1.82, 2.24) is 14.9 Å². The highest BCUT2D eigenvalue weighted by Crippen LogP contribution is 2.15. The van der Waals surface area contributed by atoms with Crippen LogP contribution in [0.3, 0.4) is 0 Å². The molecule has 5 nitrogen and oxygen atoms in total. The summed E-state index contributed by atoms with van der Waals surface area (Å²) in [6.07, 6.45) is 5.00. The molecule has 2 rings (SSSR count). The lowest BCUT2D eigenvalue weighted by molar-refractivity contribution is 0.130. The van der Waals surface area contributed by atoms with Gasteiger partial charge in [0.1, 0.15) is 0 Å².